The second-order valence-corrected chi connectivity index (χ2v) is 9.73. The van der Waals surface area contributed by atoms with Crippen LogP contribution in [-0.4, -0.2) is 51.9 Å². The highest BCUT2D eigenvalue weighted by molar-refractivity contribution is 14.1. The zero-order chi connectivity index (χ0) is 21.3. The molecule has 1 saturated heterocycles. The highest BCUT2D eigenvalue weighted by atomic mass is 127. The van der Waals surface area contributed by atoms with Crippen LogP contribution in [0.2, 0.25) is 0 Å². The number of fused-ring (bicyclic) bond motifs is 1. The minimum absolute atomic E-state index is 0.0385. The molecule has 1 unspecified atom stereocenters. The van der Waals surface area contributed by atoms with Crippen LogP contribution in [0.1, 0.15) is 12.5 Å². The second kappa shape index (κ2) is 9.07. The average Bonchev–Trinajstić information content (AvgIpc) is 2.75. The molecule has 1 aliphatic heterocycles. The van der Waals surface area contributed by atoms with E-state index in [4.69, 9.17) is 9.72 Å². The SMILES string of the molecule is Cc1ccccc1-n1c(SC(C)C(=O)N2CCOCC2)nc2ccc(I)cc2c1=O. The Morgan fingerprint density at radius 3 is 2.67 bits per heavy atom. The van der Waals surface area contributed by atoms with E-state index in [0.717, 1.165) is 14.8 Å². The van der Waals surface area contributed by atoms with Crippen LogP contribution < -0.4 is 5.56 Å². The smallest absolute Gasteiger partial charge is 0.266 e. The Hall–Kier alpha value is -1.91. The molecule has 0 saturated carbocycles. The van der Waals surface area contributed by atoms with Crippen LogP contribution in [0.25, 0.3) is 16.6 Å². The van der Waals surface area contributed by atoms with Crippen LogP contribution in [0.5, 0.6) is 0 Å². The maximum Gasteiger partial charge on any atom is 0.266 e. The summed E-state index contributed by atoms with van der Waals surface area (Å²) >= 11 is 3.52. The molecule has 3 aromatic rings. The van der Waals surface area contributed by atoms with Crippen molar-refractivity contribution in [2.45, 2.75) is 24.3 Å². The monoisotopic (exact) mass is 535 g/mol. The summed E-state index contributed by atoms with van der Waals surface area (Å²) in [4.78, 5) is 33.1. The number of aromatic nitrogens is 2. The van der Waals surface area contributed by atoms with E-state index in [1.54, 1.807) is 4.57 Å². The summed E-state index contributed by atoms with van der Waals surface area (Å²) in [6.07, 6.45) is 0. The lowest BCUT2D eigenvalue weighted by Crippen LogP contribution is -2.44. The van der Waals surface area contributed by atoms with Crippen molar-refractivity contribution in [3.05, 3.63) is 62.0 Å². The van der Waals surface area contributed by atoms with E-state index >= 15 is 0 Å². The number of amides is 1. The molecule has 1 aliphatic rings. The van der Waals surface area contributed by atoms with Gasteiger partial charge < -0.3 is 9.64 Å². The molecule has 1 fully saturated rings. The van der Waals surface area contributed by atoms with Gasteiger partial charge in [-0.25, -0.2) is 4.98 Å². The lowest BCUT2D eigenvalue weighted by molar-refractivity contribution is -0.134. The Morgan fingerprint density at radius 1 is 1.20 bits per heavy atom. The fourth-order valence-electron chi connectivity index (χ4n) is 3.49. The quantitative estimate of drug-likeness (QED) is 0.290. The number of aryl methyl sites for hydroxylation is 1. The number of hydrogen-bond donors (Lipinski definition) is 0. The molecule has 0 aliphatic carbocycles. The fraction of sp³-hybridized carbons (Fsp3) is 0.318. The lowest BCUT2D eigenvalue weighted by Gasteiger charge is -2.29. The first-order valence-corrected chi connectivity index (χ1v) is 11.7. The van der Waals surface area contributed by atoms with E-state index in [0.29, 0.717) is 42.4 Å². The topological polar surface area (TPSA) is 64.4 Å². The van der Waals surface area contributed by atoms with Gasteiger partial charge in [0, 0.05) is 16.7 Å². The summed E-state index contributed by atoms with van der Waals surface area (Å²) < 4.78 is 7.97. The molecular weight excluding hydrogens is 513 g/mol. The first-order chi connectivity index (χ1) is 14.5. The van der Waals surface area contributed by atoms with Gasteiger partial charge in [0.15, 0.2) is 5.16 Å². The van der Waals surface area contributed by atoms with Crippen molar-refractivity contribution in [3.8, 4) is 5.69 Å². The highest BCUT2D eigenvalue weighted by Gasteiger charge is 2.26. The summed E-state index contributed by atoms with van der Waals surface area (Å²) in [5, 5.41) is 0.727. The number of hydrogen-bond acceptors (Lipinski definition) is 5. The molecule has 156 valence electrons. The lowest BCUT2D eigenvalue weighted by atomic mass is 10.2. The van der Waals surface area contributed by atoms with Crippen LogP contribution in [0.3, 0.4) is 0 Å². The summed E-state index contributed by atoms with van der Waals surface area (Å²) in [6, 6.07) is 13.4. The zero-order valence-corrected chi connectivity index (χ0v) is 19.8. The van der Waals surface area contributed by atoms with Crippen LogP contribution in [-0.2, 0) is 9.53 Å². The van der Waals surface area contributed by atoms with Crippen molar-refractivity contribution in [1.82, 2.24) is 14.5 Å². The molecule has 1 atom stereocenters. The Labute approximate surface area is 192 Å². The number of thioether (sulfide) groups is 1. The van der Waals surface area contributed by atoms with Crippen LogP contribution in [0, 0.1) is 10.5 Å². The van der Waals surface area contributed by atoms with Crippen molar-refractivity contribution in [2.24, 2.45) is 0 Å². The third kappa shape index (κ3) is 4.26. The van der Waals surface area contributed by atoms with E-state index in [1.165, 1.54) is 11.8 Å². The zero-order valence-electron chi connectivity index (χ0n) is 16.8. The molecule has 0 bridgehead atoms. The van der Waals surface area contributed by atoms with Gasteiger partial charge in [-0.2, -0.15) is 0 Å². The summed E-state index contributed by atoms with van der Waals surface area (Å²) in [5.74, 6) is 0.0385. The molecule has 6 nitrogen and oxygen atoms in total. The van der Waals surface area contributed by atoms with E-state index < -0.39 is 0 Å². The number of morpholine rings is 1. The minimum atomic E-state index is -0.369. The van der Waals surface area contributed by atoms with E-state index in [2.05, 4.69) is 22.6 Å². The molecule has 30 heavy (non-hydrogen) atoms. The molecule has 8 heteroatoms. The number of ether oxygens (including phenoxy) is 1. The number of rotatable bonds is 4. The summed E-state index contributed by atoms with van der Waals surface area (Å²) in [7, 11) is 0. The third-order valence-corrected chi connectivity index (χ3v) is 6.82. The predicted octanol–water partition coefficient (Wildman–Crippen LogP) is 3.64. The van der Waals surface area contributed by atoms with Gasteiger partial charge in [-0.3, -0.25) is 14.2 Å². The average molecular weight is 535 g/mol. The predicted molar refractivity (Wildman–Crippen MR) is 128 cm³/mol. The van der Waals surface area contributed by atoms with Crippen molar-refractivity contribution in [1.29, 1.82) is 0 Å². The van der Waals surface area contributed by atoms with Crippen LogP contribution in [0.15, 0.2) is 52.4 Å². The maximum atomic E-state index is 13.5. The minimum Gasteiger partial charge on any atom is -0.378 e. The molecule has 4 rings (SSSR count). The van der Waals surface area contributed by atoms with E-state index in [9.17, 15) is 9.59 Å². The van der Waals surface area contributed by atoms with Crippen molar-refractivity contribution >= 4 is 51.2 Å². The van der Waals surface area contributed by atoms with Gasteiger partial charge in [-0.15, -0.1) is 0 Å². The second-order valence-electron chi connectivity index (χ2n) is 7.18. The van der Waals surface area contributed by atoms with Crippen LogP contribution in [0.4, 0.5) is 0 Å². The van der Waals surface area contributed by atoms with Gasteiger partial charge in [-0.1, -0.05) is 30.0 Å². The van der Waals surface area contributed by atoms with Crippen molar-refractivity contribution in [2.75, 3.05) is 26.3 Å². The molecule has 2 heterocycles. The Bertz CT molecular complexity index is 1160. The molecular formula is C22H22IN3O3S. The van der Waals surface area contributed by atoms with Gasteiger partial charge >= 0.3 is 0 Å². The van der Waals surface area contributed by atoms with E-state index in [1.807, 2.05) is 61.2 Å². The van der Waals surface area contributed by atoms with Gasteiger partial charge in [0.1, 0.15) is 0 Å². The largest absolute Gasteiger partial charge is 0.378 e. The molecule has 1 aromatic heterocycles. The fourth-order valence-corrected chi connectivity index (χ4v) is 4.99. The van der Waals surface area contributed by atoms with Crippen molar-refractivity contribution in [3.63, 3.8) is 0 Å². The molecule has 0 N–H and O–H groups in total. The van der Waals surface area contributed by atoms with Gasteiger partial charge in [-0.05, 0) is 66.3 Å². The molecule has 0 spiro atoms. The Kier molecular flexibility index (Phi) is 6.45. The maximum absolute atomic E-state index is 13.5. The van der Waals surface area contributed by atoms with Gasteiger partial charge in [0.05, 0.1) is 35.1 Å². The number of nitrogens with zero attached hydrogens (tertiary/aromatic N) is 3. The van der Waals surface area contributed by atoms with Gasteiger partial charge in [0.25, 0.3) is 5.56 Å². The summed E-state index contributed by atoms with van der Waals surface area (Å²) in [6.45, 7) is 6.15. The molecule has 1 amide bonds. The molecule has 2 aromatic carbocycles. The van der Waals surface area contributed by atoms with Gasteiger partial charge in [0.2, 0.25) is 5.91 Å². The number of carbonyl (C=O) groups is 1. The third-order valence-electron chi connectivity index (χ3n) is 5.11. The Balaban J connectivity index is 1.80. The highest BCUT2D eigenvalue weighted by Crippen LogP contribution is 2.27. The first kappa shape index (κ1) is 21.3. The normalized spacial score (nSPS) is 15.4. The Morgan fingerprint density at radius 2 is 1.93 bits per heavy atom. The summed E-state index contributed by atoms with van der Waals surface area (Å²) in [5.41, 5.74) is 2.27. The first-order valence-electron chi connectivity index (χ1n) is 9.77. The standard InChI is InChI=1S/C22H22IN3O3S/c1-14-5-3-4-6-19(14)26-21(28)17-13-16(23)7-8-18(17)24-22(26)30-15(2)20(27)25-9-11-29-12-10-25/h3-8,13,15H,9-12H2,1-2H3. The number of halogens is 1. The van der Waals surface area contributed by atoms with E-state index in [-0.39, 0.29) is 16.7 Å². The number of para-hydroxylation sites is 1. The molecule has 0 radical (unpaired) electrons. The number of benzene rings is 2. The van der Waals surface area contributed by atoms with Crippen LogP contribution >= 0.6 is 34.4 Å². The number of carbonyl (C=O) groups excluding carboxylic acids is 1. The van der Waals surface area contributed by atoms with Crippen molar-refractivity contribution < 1.29 is 9.53 Å².